The van der Waals surface area contributed by atoms with Gasteiger partial charge < -0.3 is 14.3 Å². The van der Waals surface area contributed by atoms with Crippen molar-refractivity contribution in [2.24, 2.45) is 11.8 Å². The Balaban J connectivity index is 0.000000307. The van der Waals surface area contributed by atoms with Crippen LogP contribution in [0.1, 0.15) is 90.4 Å². The van der Waals surface area contributed by atoms with Crippen LogP contribution >= 0.6 is 0 Å². The van der Waals surface area contributed by atoms with Gasteiger partial charge in [-0.3, -0.25) is 14.4 Å². The number of ether oxygens (including phenoxy) is 2. The lowest BCUT2D eigenvalue weighted by molar-refractivity contribution is -0.154. The highest BCUT2D eigenvalue weighted by Gasteiger charge is 2.24. The zero-order valence-electron chi connectivity index (χ0n) is 17.3. The van der Waals surface area contributed by atoms with E-state index < -0.39 is 0 Å². The summed E-state index contributed by atoms with van der Waals surface area (Å²) >= 11 is 0. The molecule has 2 aliphatic rings. The van der Waals surface area contributed by atoms with E-state index in [-0.39, 0.29) is 29.6 Å². The molecule has 2 saturated heterocycles. The molecule has 2 aliphatic heterocycles. The molecule has 0 aromatic carbocycles. The highest BCUT2D eigenvalue weighted by molar-refractivity contribution is 5.78. The first-order valence-corrected chi connectivity index (χ1v) is 10.9. The third-order valence-electron chi connectivity index (χ3n) is 5.24. The molecule has 2 unspecified atom stereocenters. The molecule has 0 amide bonds. The number of carbonyl (C=O) groups is 4. The summed E-state index contributed by atoms with van der Waals surface area (Å²) in [6.45, 7) is 3.33. The third-order valence-corrected chi connectivity index (χ3v) is 5.24. The topological polar surface area (TPSA) is 86.7 Å². The number of hydrogen-bond acceptors (Lipinski definition) is 6. The molecule has 2 heterocycles. The number of unbranched alkanes of at least 4 members (excludes halogenated alkanes) is 2. The van der Waals surface area contributed by atoms with E-state index in [1.54, 1.807) is 0 Å². The van der Waals surface area contributed by atoms with Crippen LogP contribution in [0.4, 0.5) is 0 Å². The van der Waals surface area contributed by atoms with Gasteiger partial charge in [-0.2, -0.15) is 0 Å². The van der Waals surface area contributed by atoms with Gasteiger partial charge in [0.2, 0.25) is 0 Å². The Morgan fingerprint density at radius 2 is 1.46 bits per heavy atom. The molecule has 0 aliphatic carbocycles. The zero-order valence-corrected chi connectivity index (χ0v) is 17.3. The number of esters is 2. The number of hydrogen-bond donors (Lipinski definition) is 0. The molecular weight excluding hydrogens is 360 g/mol. The number of aldehydes is 1. The first-order valence-electron chi connectivity index (χ1n) is 10.9. The second kappa shape index (κ2) is 15.2. The minimum absolute atomic E-state index is 0.00785. The summed E-state index contributed by atoms with van der Waals surface area (Å²) in [5, 5.41) is 0. The van der Waals surface area contributed by atoms with Gasteiger partial charge in [0, 0.05) is 19.3 Å². The summed E-state index contributed by atoms with van der Waals surface area (Å²) in [6.07, 6.45) is 11.7. The van der Waals surface area contributed by atoms with Gasteiger partial charge in [-0.25, -0.2) is 0 Å². The maximum absolute atomic E-state index is 11.4. The maximum atomic E-state index is 11.4. The normalized spacial score (nSPS) is 21.8. The highest BCUT2D eigenvalue weighted by atomic mass is 16.5. The van der Waals surface area contributed by atoms with Crippen molar-refractivity contribution >= 4 is 24.0 Å². The Morgan fingerprint density at radius 3 is 1.96 bits per heavy atom. The first kappa shape index (κ1) is 24.3. The van der Waals surface area contributed by atoms with Crippen molar-refractivity contribution in [3.05, 3.63) is 0 Å². The molecule has 2 fully saturated rings. The summed E-state index contributed by atoms with van der Waals surface area (Å²) in [5.41, 5.74) is 0. The fourth-order valence-corrected chi connectivity index (χ4v) is 3.50. The molecule has 0 aromatic rings. The minimum atomic E-state index is -0.107. The molecule has 6 nitrogen and oxygen atoms in total. The second-order valence-electron chi connectivity index (χ2n) is 7.65. The Morgan fingerprint density at radius 1 is 0.929 bits per heavy atom. The number of rotatable bonds is 11. The van der Waals surface area contributed by atoms with E-state index in [0.717, 1.165) is 57.7 Å². The standard InChI is InChI=1S/C13H20O4.C9H16O2/c14-9-2-1-7-12(15)8-3-5-11-6-4-10-17-13(11)16;1-2-3-5-8-6-4-7-11-9(8)10/h9,11H,1-8,10H2;8H,2-7H2,1H3. The van der Waals surface area contributed by atoms with Gasteiger partial charge >= 0.3 is 11.9 Å². The van der Waals surface area contributed by atoms with Gasteiger partial charge in [-0.05, 0) is 51.4 Å². The molecule has 0 saturated carbocycles. The van der Waals surface area contributed by atoms with E-state index in [0.29, 0.717) is 38.9 Å². The van der Waals surface area contributed by atoms with Crippen LogP contribution in [-0.4, -0.2) is 37.2 Å². The van der Waals surface area contributed by atoms with Gasteiger partial charge in [0.15, 0.2) is 0 Å². The summed E-state index contributed by atoms with van der Waals surface area (Å²) in [5.74, 6) is 0.320. The fourth-order valence-electron chi connectivity index (χ4n) is 3.50. The van der Waals surface area contributed by atoms with Gasteiger partial charge in [-0.15, -0.1) is 0 Å². The van der Waals surface area contributed by atoms with Crippen molar-refractivity contribution < 1.29 is 28.7 Å². The predicted molar refractivity (Wildman–Crippen MR) is 106 cm³/mol. The fraction of sp³-hybridized carbons (Fsp3) is 0.818. The lowest BCUT2D eigenvalue weighted by Crippen LogP contribution is -2.24. The number of cyclic esters (lactones) is 2. The Hall–Kier alpha value is -1.72. The lowest BCUT2D eigenvalue weighted by Gasteiger charge is -2.20. The van der Waals surface area contributed by atoms with Gasteiger partial charge in [-0.1, -0.05) is 19.8 Å². The first-order chi connectivity index (χ1) is 13.6. The summed E-state index contributed by atoms with van der Waals surface area (Å²) < 4.78 is 9.91. The molecule has 0 spiro atoms. The molecule has 28 heavy (non-hydrogen) atoms. The highest BCUT2D eigenvalue weighted by Crippen LogP contribution is 2.21. The smallest absolute Gasteiger partial charge is 0.308 e. The molecular formula is C22H36O6. The SMILES string of the molecule is CCCCC1CCCOC1=O.O=CCCCC(=O)CCCC1CCCOC1=O. The summed E-state index contributed by atoms with van der Waals surface area (Å²) in [7, 11) is 0. The van der Waals surface area contributed by atoms with E-state index >= 15 is 0 Å². The molecule has 0 aromatic heterocycles. The van der Waals surface area contributed by atoms with Crippen molar-refractivity contribution in [3.8, 4) is 0 Å². The Bertz CT molecular complexity index is 487. The van der Waals surface area contributed by atoms with Crippen molar-refractivity contribution in [2.45, 2.75) is 90.4 Å². The third kappa shape index (κ3) is 10.6. The molecule has 0 N–H and O–H groups in total. The van der Waals surface area contributed by atoms with Crippen LogP contribution in [0.25, 0.3) is 0 Å². The largest absolute Gasteiger partial charge is 0.465 e. The quantitative estimate of drug-likeness (QED) is 0.296. The van der Waals surface area contributed by atoms with Crippen LogP contribution in [-0.2, 0) is 28.7 Å². The van der Waals surface area contributed by atoms with E-state index in [2.05, 4.69) is 6.92 Å². The van der Waals surface area contributed by atoms with E-state index in [9.17, 15) is 19.2 Å². The molecule has 0 radical (unpaired) electrons. The average molecular weight is 397 g/mol. The van der Waals surface area contributed by atoms with Gasteiger partial charge in [0.05, 0.1) is 25.0 Å². The lowest BCUT2D eigenvalue weighted by atomic mass is 9.94. The number of carbonyl (C=O) groups excluding carboxylic acids is 4. The molecule has 2 atom stereocenters. The van der Waals surface area contributed by atoms with Crippen LogP contribution in [0, 0.1) is 11.8 Å². The number of ketones is 1. The van der Waals surface area contributed by atoms with Gasteiger partial charge in [0.25, 0.3) is 0 Å². The van der Waals surface area contributed by atoms with Crippen molar-refractivity contribution in [3.63, 3.8) is 0 Å². The van der Waals surface area contributed by atoms with Crippen LogP contribution < -0.4 is 0 Å². The van der Waals surface area contributed by atoms with Crippen LogP contribution in [0.5, 0.6) is 0 Å². The summed E-state index contributed by atoms with van der Waals surface area (Å²) in [6, 6.07) is 0. The molecule has 6 heteroatoms. The van der Waals surface area contributed by atoms with Crippen LogP contribution in [0.3, 0.4) is 0 Å². The summed E-state index contributed by atoms with van der Waals surface area (Å²) in [4.78, 5) is 43.9. The van der Waals surface area contributed by atoms with Gasteiger partial charge in [0.1, 0.15) is 12.1 Å². The minimum Gasteiger partial charge on any atom is -0.465 e. The Labute approximate surface area is 168 Å². The molecule has 0 bridgehead atoms. The monoisotopic (exact) mass is 396 g/mol. The predicted octanol–water partition coefficient (Wildman–Crippen LogP) is 4.18. The van der Waals surface area contributed by atoms with Crippen molar-refractivity contribution in [1.29, 1.82) is 0 Å². The van der Waals surface area contributed by atoms with Crippen molar-refractivity contribution in [2.75, 3.05) is 13.2 Å². The average Bonchev–Trinajstić information content (AvgIpc) is 2.70. The number of Topliss-reactive ketones (excluding diaryl/α,β-unsaturated/α-hetero) is 1. The molecule has 2 rings (SSSR count). The van der Waals surface area contributed by atoms with E-state index in [1.165, 1.54) is 6.42 Å². The maximum Gasteiger partial charge on any atom is 0.308 e. The Kier molecular flexibility index (Phi) is 13.2. The van der Waals surface area contributed by atoms with Crippen molar-refractivity contribution in [1.82, 2.24) is 0 Å². The zero-order chi connectivity index (χ0) is 20.6. The van der Waals surface area contributed by atoms with Crippen LogP contribution in [0.2, 0.25) is 0 Å². The van der Waals surface area contributed by atoms with Crippen LogP contribution in [0.15, 0.2) is 0 Å². The van der Waals surface area contributed by atoms with E-state index in [4.69, 9.17) is 9.47 Å². The molecule has 160 valence electrons. The second-order valence-corrected chi connectivity index (χ2v) is 7.65. The van der Waals surface area contributed by atoms with E-state index in [1.807, 2.05) is 0 Å².